The Morgan fingerprint density at radius 1 is 1.30 bits per heavy atom. The van der Waals surface area contributed by atoms with E-state index in [0.29, 0.717) is 17.3 Å². The van der Waals surface area contributed by atoms with Gasteiger partial charge in [-0.15, -0.1) is 0 Å². The normalized spacial score (nSPS) is 24.1. The van der Waals surface area contributed by atoms with Crippen molar-refractivity contribution in [1.29, 1.82) is 0 Å². The first-order valence-corrected chi connectivity index (χ1v) is 7.30. The van der Waals surface area contributed by atoms with Crippen molar-refractivity contribution in [3.8, 4) is 0 Å². The van der Waals surface area contributed by atoms with Crippen LogP contribution in [-0.2, 0) is 9.59 Å². The minimum atomic E-state index is -0.902. The number of halogens is 1. The molecule has 104 valence electrons. The Kier molecular flexibility index (Phi) is 3.43. The van der Waals surface area contributed by atoms with Gasteiger partial charge in [-0.2, -0.15) is 4.99 Å². The molecule has 2 unspecified atom stereocenters. The number of nitrogens with one attached hydrogen (secondary N) is 1. The Morgan fingerprint density at radius 3 is 2.60 bits per heavy atom. The average molecular weight is 336 g/mol. The summed E-state index contributed by atoms with van der Waals surface area (Å²) in [5.74, 6) is -1.07. The van der Waals surface area contributed by atoms with E-state index in [0.717, 1.165) is 17.3 Å². The van der Waals surface area contributed by atoms with Gasteiger partial charge in [0, 0.05) is 4.47 Å². The van der Waals surface area contributed by atoms with E-state index in [2.05, 4.69) is 26.2 Å². The van der Waals surface area contributed by atoms with Crippen LogP contribution in [0.25, 0.3) is 0 Å². The monoisotopic (exact) mass is 335 g/mol. The van der Waals surface area contributed by atoms with Gasteiger partial charge in [-0.05, 0) is 30.4 Å². The number of rotatable bonds is 3. The van der Waals surface area contributed by atoms with E-state index in [4.69, 9.17) is 5.73 Å². The van der Waals surface area contributed by atoms with Crippen molar-refractivity contribution in [3.63, 3.8) is 0 Å². The average Bonchev–Trinajstić information content (AvgIpc) is 3.23. The molecule has 2 aliphatic rings. The fourth-order valence-corrected chi connectivity index (χ4v) is 2.86. The molecule has 20 heavy (non-hydrogen) atoms. The molecule has 1 heterocycles. The lowest BCUT2D eigenvalue weighted by atomic mass is 9.95. The molecule has 5 nitrogen and oxygen atoms in total. The summed E-state index contributed by atoms with van der Waals surface area (Å²) in [5.41, 5.74) is 6.61. The Hall–Kier alpha value is -1.53. The van der Waals surface area contributed by atoms with Crippen LogP contribution in [0.1, 0.15) is 24.3 Å². The van der Waals surface area contributed by atoms with Crippen molar-refractivity contribution in [2.75, 3.05) is 0 Å². The van der Waals surface area contributed by atoms with Gasteiger partial charge in [0.15, 0.2) is 0 Å². The van der Waals surface area contributed by atoms with Gasteiger partial charge < -0.3 is 11.1 Å². The second-order valence-electron chi connectivity index (χ2n) is 5.14. The summed E-state index contributed by atoms with van der Waals surface area (Å²) in [4.78, 5) is 28.4. The number of amides is 2. The summed E-state index contributed by atoms with van der Waals surface area (Å²) in [7, 11) is 0. The first-order chi connectivity index (χ1) is 9.58. The smallest absolute Gasteiger partial charge is 0.264 e. The zero-order chi connectivity index (χ0) is 14.3. The zero-order valence-electron chi connectivity index (χ0n) is 10.7. The molecule has 0 radical (unpaired) electrons. The molecule has 2 atom stereocenters. The van der Waals surface area contributed by atoms with Crippen molar-refractivity contribution in [2.45, 2.75) is 24.8 Å². The highest BCUT2D eigenvalue weighted by Gasteiger charge is 2.39. The lowest BCUT2D eigenvalue weighted by Gasteiger charge is -2.24. The molecule has 0 saturated heterocycles. The highest BCUT2D eigenvalue weighted by atomic mass is 79.9. The maximum atomic E-state index is 12.2. The van der Waals surface area contributed by atoms with Crippen LogP contribution in [0.5, 0.6) is 0 Å². The lowest BCUT2D eigenvalue weighted by Crippen LogP contribution is -2.51. The number of aliphatic imine (C=N–C) groups is 1. The minimum Gasteiger partial charge on any atom is -0.321 e. The first-order valence-electron chi connectivity index (χ1n) is 6.51. The second kappa shape index (κ2) is 5.10. The fraction of sp³-hybridized carbons (Fsp3) is 0.357. The molecule has 3 N–H and O–H groups in total. The largest absolute Gasteiger partial charge is 0.321 e. The highest BCUT2D eigenvalue weighted by Crippen LogP contribution is 2.33. The van der Waals surface area contributed by atoms with Crippen molar-refractivity contribution in [3.05, 3.63) is 34.3 Å². The maximum Gasteiger partial charge on any atom is 0.264 e. The topological polar surface area (TPSA) is 84.5 Å². The number of hydrogen-bond acceptors (Lipinski definition) is 3. The summed E-state index contributed by atoms with van der Waals surface area (Å²) >= 11 is 3.36. The quantitative estimate of drug-likeness (QED) is 0.817. The van der Waals surface area contributed by atoms with Gasteiger partial charge in [0.05, 0.1) is 6.04 Å². The van der Waals surface area contributed by atoms with Gasteiger partial charge in [-0.25, -0.2) is 0 Å². The van der Waals surface area contributed by atoms with Crippen molar-refractivity contribution < 1.29 is 9.59 Å². The minimum absolute atomic E-state index is 0.311. The second-order valence-corrected chi connectivity index (χ2v) is 6.00. The fourth-order valence-electron chi connectivity index (χ4n) is 2.34. The van der Waals surface area contributed by atoms with Crippen LogP contribution in [0.15, 0.2) is 33.7 Å². The Bertz CT molecular complexity index is 610. The van der Waals surface area contributed by atoms with E-state index >= 15 is 0 Å². The molecule has 0 bridgehead atoms. The van der Waals surface area contributed by atoms with Crippen molar-refractivity contribution in [2.24, 2.45) is 16.6 Å². The van der Waals surface area contributed by atoms with Crippen LogP contribution in [-0.4, -0.2) is 23.7 Å². The Labute approximate surface area is 124 Å². The zero-order valence-corrected chi connectivity index (χ0v) is 12.3. The molecule has 1 aliphatic heterocycles. The highest BCUT2D eigenvalue weighted by molar-refractivity contribution is 9.10. The standard InChI is InChI=1S/C14H14BrN3O2/c15-9-4-2-1-3-8(9)10-13(19)17-12(18-14(10)20)11(16)7-5-6-7/h1-4,7,10-11H,5-6,16H2,(H,17,18,19,20). The van der Waals surface area contributed by atoms with E-state index in [-0.39, 0.29) is 11.9 Å². The Morgan fingerprint density at radius 2 is 2.00 bits per heavy atom. The first kappa shape index (κ1) is 13.5. The predicted octanol–water partition coefficient (Wildman–Crippen LogP) is 1.32. The maximum absolute atomic E-state index is 12.2. The van der Waals surface area contributed by atoms with Crippen LogP contribution >= 0.6 is 15.9 Å². The van der Waals surface area contributed by atoms with Crippen LogP contribution < -0.4 is 11.1 Å². The van der Waals surface area contributed by atoms with Crippen LogP contribution in [0.3, 0.4) is 0 Å². The van der Waals surface area contributed by atoms with Gasteiger partial charge in [0.2, 0.25) is 5.91 Å². The third kappa shape index (κ3) is 2.41. The van der Waals surface area contributed by atoms with E-state index in [1.807, 2.05) is 6.07 Å². The predicted molar refractivity (Wildman–Crippen MR) is 78.2 cm³/mol. The molecule has 6 heteroatoms. The van der Waals surface area contributed by atoms with Gasteiger partial charge >= 0.3 is 0 Å². The number of amidine groups is 1. The van der Waals surface area contributed by atoms with Crippen LogP contribution in [0, 0.1) is 5.92 Å². The summed E-state index contributed by atoms with van der Waals surface area (Å²) < 4.78 is 0.721. The molecule has 2 amide bonds. The van der Waals surface area contributed by atoms with E-state index in [1.54, 1.807) is 18.2 Å². The van der Waals surface area contributed by atoms with Gasteiger partial charge in [-0.3, -0.25) is 9.59 Å². The molecule has 0 aromatic heterocycles. The number of carbonyl (C=O) groups is 2. The third-order valence-electron chi connectivity index (χ3n) is 3.65. The van der Waals surface area contributed by atoms with Crippen LogP contribution in [0.4, 0.5) is 0 Å². The summed E-state index contributed by atoms with van der Waals surface area (Å²) in [6, 6.07) is 6.81. The van der Waals surface area contributed by atoms with E-state index < -0.39 is 11.8 Å². The van der Waals surface area contributed by atoms with Gasteiger partial charge in [0.1, 0.15) is 11.8 Å². The number of nitrogens with zero attached hydrogens (tertiary/aromatic N) is 1. The molecular formula is C14H14BrN3O2. The molecule has 1 fully saturated rings. The van der Waals surface area contributed by atoms with Gasteiger partial charge in [0.25, 0.3) is 5.91 Å². The molecule has 1 aromatic rings. The molecule has 1 aliphatic carbocycles. The Balaban J connectivity index is 1.90. The number of benzene rings is 1. The van der Waals surface area contributed by atoms with Crippen molar-refractivity contribution in [1.82, 2.24) is 5.32 Å². The lowest BCUT2D eigenvalue weighted by molar-refractivity contribution is -0.129. The molecule has 3 rings (SSSR count). The van der Waals surface area contributed by atoms with Crippen molar-refractivity contribution >= 4 is 33.6 Å². The molecule has 1 aromatic carbocycles. The number of nitrogens with two attached hydrogens (primary N) is 1. The summed E-state index contributed by atoms with van der Waals surface area (Å²) in [6.07, 6.45) is 2.05. The van der Waals surface area contributed by atoms with Gasteiger partial charge in [-0.1, -0.05) is 34.1 Å². The molecule has 1 saturated carbocycles. The van der Waals surface area contributed by atoms with Crippen LogP contribution in [0.2, 0.25) is 0 Å². The molecular weight excluding hydrogens is 322 g/mol. The van der Waals surface area contributed by atoms with E-state index in [1.165, 1.54) is 0 Å². The third-order valence-corrected chi connectivity index (χ3v) is 4.38. The molecule has 0 spiro atoms. The summed E-state index contributed by atoms with van der Waals surface area (Å²) in [6.45, 7) is 0. The number of carbonyl (C=O) groups excluding carboxylic acids is 2. The number of hydrogen-bond donors (Lipinski definition) is 2. The van der Waals surface area contributed by atoms with E-state index in [9.17, 15) is 9.59 Å². The summed E-state index contributed by atoms with van der Waals surface area (Å²) in [5, 5.41) is 2.69. The SMILES string of the molecule is NC(C1=NC(=O)C(c2ccccc2Br)C(=O)N1)C1CC1.